The molecule has 1 aromatic carbocycles. The minimum Gasteiger partial charge on any atom is -0.339 e. The molecule has 2 heterocycles. The number of hydrogen-bond acceptors (Lipinski definition) is 4. The lowest BCUT2D eigenvalue weighted by Gasteiger charge is -2.17. The predicted molar refractivity (Wildman–Crippen MR) is 96.2 cm³/mol. The van der Waals surface area contributed by atoms with Gasteiger partial charge in [-0.1, -0.05) is 18.2 Å². The van der Waals surface area contributed by atoms with Crippen molar-refractivity contribution in [2.24, 2.45) is 0 Å². The molecule has 2 amide bonds. The van der Waals surface area contributed by atoms with Crippen molar-refractivity contribution in [2.75, 3.05) is 18.0 Å². The zero-order valence-electron chi connectivity index (χ0n) is 13.5. The Balaban J connectivity index is 1.76. The van der Waals surface area contributed by atoms with Crippen LogP contribution in [-0.4, -0.2) is 34.8 Å². The fourth-order valence-electron chi connectivity index (χ4n) is 2.66. The first kappa shape index (κ1) is 16.4. The Morgan fingerprint density at radius 3 is 2.58 bits per heavy atom. The molecule has 24 heavy (non-hydrogen) atoms. The van der Waals surface area contributed by atoms with Crippen LogP contribution in [0.5, 0.6) is 0 Å². The second-order valence-corrected chi connectivity index (χ2v) is 6.45. The molecule has 3 rings (SSSR count). The Morgan fingerprint density at radius 1 is 1.21 bits per heavy atom. The largest absolute Gasteiger partial charge is 0.339 e. The SMILES string of the molecule is CC(=O)N(c1ccccc1)c1nc(/C=C/C(=O)N2CCCC2)cs1. The number of likely N-dealkylation sites (tertiary alicyclic amines) is 1. The molecule has 0 spiro atoms. The Morgan fingerprint density at radius 2 is 1.92 bits per heavy atom. The third kappa shape index (κ3) is 3.71. The maximum atomic E-state index is 12.0. The number of thiazole rings is 1. The molecular formula is C18H19N3O2S. The van der Waals surface area contributed by atoms with Crippen LogP contribution in [0.2, 0.25) is 0 Å². The van der Waals surface area contributed by atoms with Crippen molar-refractivity contribution in [3.8, 4) is 0 Å². The van der Waals surface area contributed by atoms with E-state index < -0.39 is 0 Å². The van der Waals surface area contributed by atoms with Crippen molar-refractivity contribution in [1.29, 1.82) is 0 Å². The Hall–Kier alpha value is -2.47. The highest BCUT2D eigenvalue weighted by Gasteiger charge is 2.18. The number of aromatic nitrogens is 1. The summed E-state index contributed by atoms with van der Waals surface area (Å²) in [6.07, 6.45) is 5.42. The van der Waals surface area contributed by atoms with Crippen molar-refractivity contribution >= 4 is 40.0 Å². The summed E-state index contributed by atoms with van der Waals surface area (Å²) in [4.78, 5) is 31.9. The summed E-state index contributed by atoms with van der Waals surface area (Å²) in [6, 6.07) is 9.41. The van der Waals surface area contributed by atoms with Crippen molar-refractivity contribution in [3.05, 3.63) is 47.5 Å². The molecule has 0 atom stereocenters. The first-order valence-electron chi connectivity index (χ1n) is 7.93. The van der Waals surface area contributed by atoms with Crippen LogP contribution in [-0.2, 0) is 9.59 Å². The van der Waals surface area contributed by atoms with Crippen LogP contribution in [0, 0.1) is 0 Å². The summed E-state index contributed by atoms with van der Waals surface area (Å²) >= 11 is 1.38. The van der Waals surface area contributed by atoms with Crippen LogP contribution in [0.3, 0.4) is 0 Å². The number of amides is 2. The van der Waals surface area contributed by atoms with E-state index in [9.17, 15) is 9.59 Å². The second-order valence-electron chi connectivity index (χ2n) is 5.61. The smallest absolute Gasteiger partial charge is 0.246 e. The van der Waals surface area contributed by atoms with Gasteiger partial charge < -0.3 is 4.90 Å². The summed E-state index contributed by atoms with van der Waals surface area (Å²) in [6.45, 7) is 3.18. The standard InChI is InChI=1S/C18H19N3O2S/c1-14(22)21(16-7-3-2-4-8-16)18-19-15(13-24-18)9-10-17(23)20-11-5-6-12-20/h2-4,7-10,13H,5-6,11-12H2,1H3/b10-9+. The molecule has 0 N–H and O–H groups in total. The fourth-order valence-corrected chi connectivity index (χ4v) is 3.51. The number of carbonyl (C=O) groups is 2. The minimum absolute atomic E-state index is 0.0218. The number of rotatable bonds is 4. The molecule has 0 bridgehead atoms. The van der Waals surface area contributed by atoms with E-state index in [1.807, 2.05) is 40.6 Å². The van der Waals surface area contributed by atoms with Gasteiger partial charge in [0.2, 0.25) is 11.8 Å². The molecule has 1 saturated heterocycles. The van der Waals surface area contributed by atoms with Gasteiger partial charge in [0.05, 0.1) is 11.4 Å². The van der Waals surface area contributed by atoms with Crippen LogP contribution >= 0.6 is 11.3 Å². The molecule has 124 valence electrons. The molecule has 0 saturated carbocycles. The van der Waals surface area contributed by atoms with Gasteiger partial charge in [-0.15, -0.1) is 11.3 Å². The number of para-hydroxylation sites is 1. The Kier molecular flexibility index (Phi) is 5.05. The van der Waals surface area contributed by atoms with Gasteiger partial charge in [0, 0.05) is 31.5 Å². The molecular weight excluding hydrogens is 322 g/mol. The number of benzene rings is 1. The number of hydrogen-bond donors (Lipinski definition) is 0. The monoisotopic (exact) mass is 341 g/mol. The van der Waals surface area contributed by atoms with Gasteiger partial charge in [0.15, 0.2) is 5.13 Å². The van der Waals surface area contributed by atoms with E-state index >= 15 is 0 Å². The average Bonchev–Trinajstić information content (AvgIpc) is 3.26. The van der Waals surface area contributed by atoms with Crippen LogP contribution < -0.4 is 4.90 Å². The average molecular weight is 341 g/mol. The summed E-state index contributed by atoms with van der Waals surface area (Å²) < 4.78 is 0. The predicted octanol–water partition coefficient (Wildman–Crippen LogP) is 3.46. The molecule has 0 aliphatic carbocycles. The van der Waals surface area contributed by atoms with E-state index in [2.05, 4.69) is 4.98 Å². The summed E-state index contributed by atoms with van der Waals surface area (Å²) in [5.74, 6) is -0.0762. The molecule has 1 aliphatic heterocycles. The lowest BCUT2D eigenvalue weighted by atomic mass is 10.3. The third-order valence-corrected chi connectivity index (χ3v) is 4.69. The molecule has 0 radical (unpaired) electrons. The lowest BCUT2D eigenvalue weighted by Crippen LogP contribution is -2.25. The van der Waals surface area contributed by atoms with Crippen LogP contribution in [0.15, 0.2) is 41.8 Å². The van der Waals surface area contributed by atoms with E-state index in [-0.39, 0.29) is 11.8 Å². The summed E-state index contributed by atoms with van der Waals surface area (Å²) in [5.41, 5.74) is 1.47. The maximum absolute atomic E-state index is 12.0. The Labute approximate surface area is 145 Å². The van der Waals surface area contributed by atoms with Gasteiger partial charge in [-0.3, -0.25) is 14.5 Å². The molecule has 1 aromatic heterocycles. The highest BCUT2D eigenvalue weighted by atomic mass is 32.1. The van der Waals surface area contributed by atoms with Crippen molar-refractivity contribution in [1.82, 2.24) is 9.88 Å². The number of carbonyl (C=O) groups excluding carboxylic acids is 2. The van der Waals surface area contributed by atoms with Crippen LogP contribution in [0.25, 0.3) is 6.08 Å². The Bertz CT molecular complexity index is 749. The van der Waals surface area contributed by atoms with Crippen molar-refractivity contribution in [3.63, 3.8) is 0 Å². The highest BCUT2D eigenvalue weighted by molar-refractivity contribution is 7.14. The summed E-state index contributed by atoms with van der Waals surface area (Å²) in [5, 5.41) is 2.45. The normalized spacial score (nSPS) is 14.3. The van der Waals surface area contributed by atoms with Crippen molar-refractivity contribution < 1.29 is 9.59 Å². The van der Waals surface area contributed by atoms with Gasteiger partial charge in [-0.25, -0.2) is 4.98 Å². The minimum atomic E-state index is -0.0979. The second kappa shape index (κ2) is 7.40. The number of nitrogens with zero attached hydrogens (tertiary/aromatic N) is 3. The quantitative estimate of drug-likeness (QED) is 0.800. The fraction of sp³-hybridized carbons (Fsp3) is 0.278. The zero-order chi connectivity index (χ0) is 16.9. The maximum Gasteiger partial charge on any atom is 0.246 e. The van der Waals surface area contributed by atoms with Gasteiger partial charge in [-0.2, -0.15) is 0 Å². The van der Waals surface area contributed by atoms with E-state index in [1.165, 1.54) is 18.3 Å². The molecule has 2 aromatic rings. The van der Waals surface area contributed by atoms with Crippen LogP contribution in [0.1, 0.15) is 25.5 Å². The van der Waals surface area contributed by atoms with Crippen molar-refractivity contribution in [2.45, 2.75) is 19.8 Å². The molecule has 6 heteroatoms. The zero-order valence-corrected chi connectivity index (χ0v) is 14.3. The topological polar surface area (TPSA) is 53.5 Å². The van der Waals surface area contributed by atoms with E-state index in [0.717, 1.165) is 31.6 Å². The van der Waals surface area contributed by atoms with Crippen LogP contribution in [0.4, 0.5) is 10.8 Å². The molecule has 1 fully saturated rings. The molecule has 0 unspecified atom stereocenters. The highest BCUT2D eigenvalue weighted by Crippen LogP contribution is 2.29. The molecule has 5 nitrogen and oxygen atoms in total. The van der Waals surface area contributed by atoms with E-state index in [1.54, 1.807) is 17.1 Å². The number of anilines is 2. The molecule has 1 aliphatic rings. The third-order valence-electron chi connectivity index (χ3n) is 3.84. The van der Waals surface area contributed by atoms with E-state index in [0.29, 0.717) is 10.8 Å². The van der Waals surface area contributed by atoms with Gasteiger partial charge in [-0.05, 0) is 31.1 Å². The summed E-state index contributed by atoms with van der Waals surface area (Å²) in [7, 11) is 0. The van der Waals surface area contributed by atoms with Gasteiger partial charge in [0.1, 0.15) is 0 Å². The lowest BCUT2D eigenvalue weighted by molar-refractivity contribution is -0.125. The van der Waals surface area contributed by atoms with Gasteiger partial charge >= 0.3 is 0 Å². The first-order chi connectivity index (χ1) is 11.6. The van der Waals surface area contributed by atoms with Gasteiger partial charge in [0.25, 0.3) is 0 Å². The first-order valence-corrected chi connectivity index (χ1v) is 8.81. The van der Waals surface area contributed by atoms with E-state index in [4.69, 9.17) is 0 Å².